The molecule has 0 aliphatic carbocycles. The van der Waals surface area contributed by atoms with Crippen LogP contribution in [0, 0.1) is 9.39 Å². The maximum Gasteiger partial charge on any atom is 0.338 e. The van der Waals surface area contributed by atoms with Crippen LogP contribution < -0.4 is 19.6 Å². The molecule has 2 heterocycles. The minimum absolute atomic E-state index is 0.0156. The number of fused-ring (bicyclic) bond motifs is 1. The zero-order valence-corrected chi connectivity index (χ0v) is 30.6. The number of halogens is 3. The van der Waals surface area contributed by atoms with E-state index in [-0.39, 0.29) is 24.6 Å². The minimum Gasteiger partial charge on any atom is -0.487 e. The Labute approximate surface area is 300 Å². The largest absolute Gasteiger partial charge is 0.487 e. The summed E-state index contributed by atoms with van der Waals surface area (Å²) in [6, 6.07) is 26.7. The van der Waals surface area contributed by atoms with E-state index in [9.17, 15) is 14.0 Å². The van der Waals surface area contributed by atoms with Gasteiger partial charge in [0.1, 0.15) is 18.2 Å². The summed E-state index contributed by atoms with van der Waals surface area (Å²) in [5.41, 5.74) is 3.00. The molecule has 0 fully saturated rings. The van der Waals surface area contributed by atoms with Gasteiger partial charge in [0.15, 0.2) is 4.80 Å². The number of rotatable bonds is 9. The van der Waals surface area contributed by atoms with Crippen molar-refractivity contribution in [2.45, 2.75) is 24.5 Å². The molecule has 0 saturated carbocycles. The van der Waals surface area contributed by atoms with Gasteiger partial charge in [-0.2, -0.15) is 0 Å². The van der Waals surface area contributed by atoms with Crippen LogP contribution in [0.5, 0.6) is 5.75 Å². The van der Waals surface area contributed by atoms with Gasteiger partial charge in [-0.05, 0) is 77.7 Å². The Morgan fingerprint density at radius 1 is 1.09 bits per heavy atom. The van der Waals surface area contributed by atoms with Crippen LogP contribution in [0.25, 0.3) is 11.8 Å². The van der Waals surface area contributed by atoms with Crippen LogP contribution in [0.1, 0.15) is 35.2 Å². The summed E-state index contributed by atoms with van der Waals surface area (Å²) >= 11 is 8.57. The quantitative estimate of drug-likeness (QED) is 0.0864. The fourth-order valence-corrected chi connectivity index (χ4v) is 8.39. The Morgan fingerprint density at radius 3 is 2.51 bits per heavy atom. The molecular weight excluding hydrogens is 814 g/mol. The third-order valence-corrected chi connectivity index (χ3v) is 10.4. The van der Waals surface area contributed by atoms with Crippen LogP contribution in [0.15, 0.2) is 116 Å². The number of hydrogen-bond acceptors (Lipinski definition) is 7. The zero-order valence-electron chi connectivity index (χ0n) is 25.2. The molecule has 0 unspecified atom stereocenters. The van der Waals surface area contributed by atoms with Crippen LogP contribution in [0.2, 0.25) is 0 Å². The summed E-state index contributed by atoms with van der Waals surface area (Å²) in [4.78, 5) is 34.6. The van der Waals surface area contributed by atoms with Crippen molar-refractivity contribution in [3.8, 4) is 5.75 Å². The van der Waals surface area contributed by atoms with Crippen molar-refractivity contribution in [1.29, 1.82) is 0 Å². The molecule has 0 spiro atoms. The number of hydrogen-bond donors (Lipinski definition) is 0. The molecule has 5 aromatic rings. The molecule has 11 heteroatoms. The molecule has 0 saturated heterocycles. The Morgan fingerprint density at radius 2 is 1.81 bits per heavy atom. The second-order valence-corrected chi connectivity index (χ2v) is 14.4. The van der Waals surface area contributed by atoms with E-state index in [1.54, 1.807) is 47.5 Å². The molecule has 238 valence electrons. The predicted molar refractivity (Wildman–Crippen MR) is 197 cm³/mol. The highest BCUT2D eigenvalue weighted by Gasteiger charge is 2.35. The monoisotopic (exact) mass is 840 g/mol. The standard InChI is InChI=1S/C36H27BrFIN2O4S2/c1-3-44-35(43)30-31(21-9-5-4-6-10-21)40-36-41(32(30)22-13-15-26(46-2)16-14-22)34(42)29(47-36)18-24-17-25(37)19-28(39)33(24)45-20-23-11-7-8-12-27(23)38/h4-19,32H,3,20H2,1-2H3/b29-18-/t32-/m0/s1. The average Bonchev–Trinajstić information content (AvgIpc) is 3.38. The number of aromatic nitrogens is 1. The van der Waals surface area contributed by atoms with Crippen molar-refractivity contribution in [2.24, 2.45) is 4.99 Å². The average molecular weight is 842 g/mol. The van der Waals surface area contributed by atoms with Gasteiger partial charge in [0.25, 0.3) is 5.56 Å². The number of benzene rings is 4. The van der Waals surface area contributed by atoms with E-state index in [1.165, 1.54) is 17.4 Å². The number of esters is 1. The van der Waals surface area contributed by atoms with E-state index in [1.807, 2.05) is 73.0 Å². The molecule has 47 heavy (non-hydrogen) atoms. The lowest BCUT2D eigenvalue weighted by molar-refractivity contribution is -0.138. The van der Waals surface area contributed by atoms with Crippen LogP contribution in [-0.2, 0) is 16.1 Å². The summed E-state index contributed by atoms with van der Waals surface area (Å²) in [5, 5.41) is 0. The number of thioether (sulfide) groups is 1. The van der Waals surface area contributed by atoms with Gasteiger partial charge in [-0.25, -0.2) is 14.2 Å². The van der Waals surface area contributed by atoms with Gasteiger partial charge in [0.05, 0.1) is 32.0 Å². The topological polar surface area (TPSA) is 69.9 Å². The molecular formula is C36H27BrFIN2O4S2. The molecule has 0 bridgehead atoms. The Kier molecular flexibility index (Phi) is 10.5. The Balaban J connectivity index is 1.56. The number of carbonyl (C=O) groups is 1. The van der Waals surface area contributed by atoms with Gasteiger partial charge in [-0.1, -0.05) is 87.9 Å². The fraction of sp³-hybridized carbons (Fsp3) is 0.139. The zero-order chi connectivity index (χ0) is 33.1. The van der Waals surface area contributed by atoms with Crippen LogP contribution in [-0.4, -0.2) is 23.4 Å². The summed E-state index contributed by atoms with van der Waals surface area (Å²) in [6.45, 7) is 1.94. The first-order chi connectivity index (χ1) is 22.8. The number of thiazole rings is 1. The van der Waals surface area contributed by atoms with Gasteiger partial charge in [-0.3, -0.25) is 9.36 Å². The second kappa shape index (κ2) is 14.7. The van der Waals surface area contributed by atoms with Crippen molar-refractivity contribution in [2.75, 3.05) is 12.9 Å². The highest BCUT2D eigenvalue weighted by molar-refractivity contribution is 14.1. The fourth-order valence-electron chi connectivity index (χ4n) is 5.29. The first kappa shape index (κ1) is 33.4. The lowest BCUT2D eigenvalue weighted by Gasteiger charge is -2.26. The van der Waals surface area contributed by atoms with E-state index in [0.717, 1.165) is 24.1 Å². The molecule has 0 N–H and O–H groups in total. The van der Waals surface area contributed by atoms with Crippen LogP contribution >= 0.6 is 61.6 Å². The maximum absolute atomic E-state index is 14.4. The Bertz CT molecular complexity index is 2180. The van der Waals surface area contributed by atoms with Crippen molar-refractivity contribution < 1.29 is 18.7 Å². The summed E-state index contributed by atoms with van der Waals surface area (Å²) in [7, 11) is 0. The number of ether oxygens (including phenoxy) is 2. The molecule has 0 radical (unpaired) electrons. The van der Waals surface area contributed by atoms with Gasteiger partial charge in [-0.15, -0.1) is 11.8 Å². The smallest absolute Gasteiger partial charge is 0.338 e. The number of carbonyl (C=O) groups excluding carboxylic acids is 1. The highest BCUT2D eigenvalue weighted by atomic mass is 127. The summed E-state index contributed by atoms with van der Waals surface area (Å²) in [5.74, 6) is -0.371. The highest BCUT2D eigenvalue weighted by Crippen LogP contribution is 2.36. The lowest BCUT2D eigenvalue weighted by atomic mass is 9.93. The van der Waals surface area contributed by atoms with E-state index in [0.29, 0.717) is 37.5 Å². The first-order valence-corrected chi connectivity index (χ1v) is 18.5. The molecule has 1 aliphatic heterocycles. The molecule has 0 amide bonds. The minimum atomic E-state index is -0.780. The second-order valence-electron chi connectivity index (χ2n) is 10.4. The summed E-state index contributed by atoms with van der Waals surface area (Å²) in [6.07, 6.45) is 3.75. The normalized spacial score (nSPS) is 14.5. The maximum atomic E-state index is 14.4. The van der Waals surface area contributed by atoms with Gasteiger partial charge in [0.2, 0.25) is 0 Å². The summed E-state index contributed by atoms with van der Waals surface area (Å²) < 4.78 is 29.7. The van der Waals surface area contributed by atoms with Crippen LogP contribution in [0.4, 0.5) is 4.39 Å². The molecule has 6 rings (SSSR count). The third-order valence-electron chi connectivity index (χ3n) is 7.46. The van der Waals surface area contributed by atoms with Crippen molar-refractivity contribution in [3.05, 3.63) is 152 Å². The van der Waals surface area contributed by atoms with E-state index in [4.69, 9.17) is 14.5 Å². The lowest BCUT2D eigenvalue weighted by Crippen LogP contribution is -2.40. The van der Waals surface area contributed by atoms with E-state index in [2.05, 4.69) is 38.5 Å². The molecule has 1 atom stereocenters. The molecule has 6 nitrogen and oxygen atoms in total. The van der Waals surface area contributed by atoms with E-state index >= 15 is 0 Å². The van der Waals surface area contributed by atoms with Crippen molar-refractivity contribution in [3.63, 3.8) is 0 Å². The van der Waals surface area contributed by atoms with Crippen molar-refractivity contribution >= 4 is 79.4 Å². The van der Waals surface area contributed by atoms with Gasteiger partial charge < -0.3 is 9.47 Å². The molecule has 1 aliphatic rings. The molecule has 1 aromatic heterocycles. The van der Waals surface area contributed by atoms with Gasteiger partial charge >= 0.3 is 5.97 Å². The van der Waals surface area contributed by atoms with Gasteiger partial charge in [0, 0.05) is 26.1 Å². The third kappa shape index (κ3) is 7.03. The SMILES string of the molecule is CCOC(=O)C1=C(c2ccccc2)N=c2s/c(=C\c3cc(Br)cc(I)c3OCc3ccccc3F)c(=O)n2[C@H]1c1ccc(SC)cc1. The van der Waals surface area contributed by atoms with E-state index < -0.39 is 12.0 Å². The van der Waals surface area contributed by atoms with Crippen LogP contribution in [0.3, 0.4) is 0 Å². The Hall–Kier alpha value is -3.52. The number of nitrogens with zero attached hydrogens (tertiary/aromatic N) is 2. The first-order valence-electron chi connectivity index (χ1n) is 14.6. The molecule has 4 aromatic carbocycles. The van der Waals surface area contributed by atoms with Crippen molar-refractivity contribution in [1.82, 2.24) is 4.57 Å². The predicted octanol–water partition coefficient (Wildman–Crippen LogP) is 7.74.